The normalized spacial score (nSPS) is 12.3. The molecule has 1 heterocycles. The summed E-state index contributed by atoms with van der Waals surface area (Å²) in [6.07, 6.45) is 2.35. The van der Waals surface area contributed by atoms with E-state index in [9.17, 15) is 4.79 Å². The van der Waals surface area contributed by atoms with E-state index in [1.807, 2.05) is 24.3 Å². The average Bonchev–Trinajstić information content (AvgIpc) is 2.65. The number of pyridine rings is 1. The number of ether oxygens (including phenoxy) is 1. The fraction of sp³-hybridized carbons (Fsp3) is 0.105. The van der Waals surface area contributed by atoms with Crippen LogP contribution in [0.2, 0.25) is 10.0 Å². The van der Waals surface area contributed by atoms with Crippen LogP contribution in [0.1, 0.15) is 12.5 Å². The van der Waals surface area contributed by atoms with Gasteiger partial charge < -0.3 is 4.74 Å². The quantitative estimate of drug-likeness (QED) is 0.519. The Kier molecular flexibility index (Phi) is 5.71. The molecule has 7 heteroatoms. The number of halogens is 2. The molecule has 0 spiro atoms. The van der Waals surface area contributed by atoms with Crippen molar-refractivity contribution >= 4 is 46.2 Å². The predicted molar refractivity (Wildman–Crippen MR) is 104 cm³/mol. The summed E-state index contributed by atoms with van der Waals surface area (Å²) in [4.78, 5) is 16.5. The zero-order valence-electron chi connectivity index (χ0n) is 13.8. The number of carbonyl (C=O) groups is 1. The minimum atomic E-state index is -0.755. The first-order valence-electron chi connectivity index (χ1n) is 7.83. The van der Waals surface area contributed by atoms with E-state index in [2.05, 4.69) is 15.5 Å². The van der Waals surface area contributed by atoms with Crippen LogP contribution in [-0.4, -0.2) is 23.2 Å². The number of aromatic nitrogens is 1. The zero-order chi connectivity index (χ0) is 18.5. The summed E-state index contributed by atoms with van der Waals surface area (Å²) in [6.45, 7) is 1.64. The van der Waals surface area contributed by atoms with E-state index in [0.717, 1.165) is 5.39 Å². The number of amides is 1. The average molecular weight is 388 g/mol. The summed E-state index contributed by atoms with van der Waals surface area (Å²) in [5, 5.41) is 5.63. The standard InChI is InChI=1S/C19H15Cl2N3O2/c1-12(26-16-9-3-5-13-7-4-10-22-18(13)16)19(25)24-23-11-14-6-2-8-15(20)17(14)21/h2-12H,1H3,(H,24,25)/b23-11+. The van der Waals surface area contributed by atoms with Crippen molar-refractivity contribution in [3.63, 3.8) is 0 Å². The van der Waals surface area contributed by atoms with Crippen LogP contribution in [0.3, 0.4) is 0 Å². The third-order valence-corrected chi connectivity index (χ3v) is 4.46. The van der Waals surface area contributed by atoms with E-state index in [1.54, 1.807) is 37.4 Å². The fourth-order valence-corrected chi connectivity index (χ4v) is 2.65. The van der Waals surface area contributed by atoms with Gasteiger partial charge in [0.15, 0.2) is 6.10 Å². The number of fused-ring (bicyclic) bond motifs is 1. The molecule has 0 bridgehead atoms. The van der Waals surface area contributed by atoms with Crippen LogP contribution in [0.5, 0.6) is 5.75 Å². The lowest BCUT2D eigenvalue weighted by Gasteiger charge is -2.14. The van der Waals surface area contributed by atoms with Gasteiger partial charge in [0.2, 0.25) is 0 Å². The molecule has 0 aliphatic carbocycles. The molecule has 0 aliphatic heterocycles. The second-order valence-electron chi connectivity index (χ2n) is 5.47. The van der Waals surface area contributed by atoms with E-state index in [1.165, 1.54) is 6.21 Å². The molecule has 3 rings (SSSR count). The second kappa shape index (κ2) is 8.17. The molecule has 0 aliphatic rings. The lowest BCUT2D eigenvalue weighted by Crippen LogP contribution is -2.33. The highest BCUT2D eigenvalue weighted by molar-refractivity contribution is 6.43. The number of hydrogen-bond donors (Lipinski definition) is 1. The lowest BCUT2D eigenvalue weighted by molar-refractivity contribution is -0.127. The minimum Gasteiger partial charge on any atom is -0.479 e. The summed E-state index contributed by atoms with van der Waals surface area (Å²) in [5.74, 6) is 0.139. The molecule has 1 atom stereocenters. The maximum atomic E-state index is 12.2. The molecule has 0 saturated carbocycles. The Hall–Kier alpha value is -2.63. The summed E-state index contributed by atoms with van der Waals surface area (Å²) < 4.78 is 5.74. The van der Waals surface area contributed by atoms with E-state index >= 15 is 0 Å². The molecule has 3 aromatic rings. The van der Waals surface area contributed by atoms with Crippen molar-refractivity contribution in [2.75, 3.05) is 0 Å². The van der Waals surface area contributed by atoms with Gasteiger partial charge in [-0.25, -0.2) is 5.43 Å². The van der Waals surface area contributed by atoms with Crippen LogP contribution in [-0.2, 0) is 4.79 Å². The smallest absolute Gasteiger partial charge is 0.280 e. The first-order valence-corrected chi connectivity index (χ1v) is 8.59. The van der Waals surface area contributed by atoms with Crippen molar-refractivity contribution < 1.29 is 9.53 Å². The minimum absolute atomic E-state index is 0.373. The van der Waals surface area contributed by atoms with Crippen LogP contribution in [0.15, 0.2) is 59.8 Å². The second-order valence-corrected chi connectivity index (χ2v) is 6.25. The molecule has 5 nitrogen and oxygen atoms in total. The number of hydrogen-bond acceptors (Lipinski definition) is 4. The largest absolute Gasteiger partial charge is 0.479 e. The summed E-state index contributed by atoms with van der Waals surface area (Å²) >= 11 is 12.0. The number of nitrogens with zero attached hydrogens (tertiary/aromatic N) is 2. The number of nitrogens with one attached hydrogen (secondary N) is 1. The Morgan fingerprint density at radius 2 is 1.96 bits per heavy atom. The fourth-order valence-electron chi connectivity index (χ4n) is 2.29. The highest BCUT2D eigenvalue weighted by Crippen LogP contribution is 2.25. The van der Waals surface area contributed by atoms with Gasteiger partial charge in [-0.05, 0) is 25.1 Å². The number of para-hydroxylation sites is 1. The van der Waals surface area contributed by atoms with Gasteiger partial charge in [0.05, 0.1) is 16.3 Å². The van der Waals surface area contributed by atoms with Crippen LogP contribution in [0, 0.1) is 0 Å². The van der Waals surface area contributed by atoms with Gasteiger partial charge >= 0.3 is 0 Å². The Balaban J connectivity index is 1.66. The van der Waals surface area contributed by atoms with Crippen molar-refractivity contribution in [1.29, 1.82) is 0 Å². The van der Waals surface area contributed by atoms with Crippen molar-refractivity contribution in [3.8, 4) is 5.75 Å². The van der Waals surface area contributed by atoms with E-state index in [4.69, 9.17) is 27.9 Å². The first-order chi connectivity index (χ1) is 12.6. The van der Waals surface area contributed by atoms with Gasteiger partial charge in [0.1, 0.15) is 11.3 Å². The highest BCUT2D eigenvalue weighted by atomic mass is 35.5. The molecule has 1 unspecified atom stereocenters. The van der Waals surface area contributed by atoms with Crippen molar-refractivity contribution in [1.82, 2.24) is 10.4 Å². The molecule has 2 aromatic carbocycles. The Morgan fingerprint density at radius 3 is 2.81 bits per heavy atom. The Bertz CT molecular complexity index is 971. The van der Waals surface area contributed by atoms with Gasteiger partial charge in [-0.1, -0.05) is 53.5 Å². The monoisotopic (exact) mass is 387 g/mol. The SMILES string of the molecule is CC(Oc1cccc2cccnc12)C(=O)N/N=C/c1cccc(Cl)c1Cl. The molecular formula is C19H15Cl2N3O2. The maximum Gasteiger partial charge on any atom is 0.280 e. The highest BCUT2D eigenvalue weighted by Gasteiger charge is 2.15. The number of hydrazone groups is 1. The van der Waals surface area contributed by atoms with Gasteiger partial charge in [0.25, 0.3) is 5.91 Å². The summed E-state index contributed by atoms with van der Waals surface area (Å²) in [5.41, 5.74) is 3.73. The van der Waals surface area contributed by atoms with E-state index in [-0.39, 0.29) is 0 Å². The molecule has 26 heavy (non-hydrogen) atoms. The summed E-state index contributed by atoms with van der Waals surface area (Å²) in [7, 11) is 0. The number of benzene rings is 2. The first kappa shape index (κ1) is 18.2. The molecule has 0 fully saturated rings. The third-order valence-electron chi connectivity index (χ3n) is 3.63. The number of carbonyl (C=O) groups excluding carboxylic acids is 1. The maximum absolute atomic E-state index is 12.2. The molecule has 1 N–H and O–H groups in total. The van der Waals surface area contributed by atoms with E-state index < -0.39 is 12.0 Å². The van der Waals surface area contributed by atoms with Crippen molar-refractivity contribution in [2.45, 2.75) is 13.0 Å². The molecular weight excluding hydrogens is 373 g/mol. The third kappa shape index (κ3) is 4.12. The molecule has 1 amide bonds. The van der Waals surface area contributed by atoms with E-state index in [0.29, 0.717) is 26.9 Å². The predicted octanol–water partition coefficient (Wildman–Crippen LogP) is 4.46. The number of rotatable bonds is 5. The van der Waals surface area contributed by atoms with Gasteiger partial charge in [-0.2, -0.15) is 5.10 Å². The lowest BCUT2D eigenvalue weighted by atomic mass is 10.2. The molecule has 1 aromatic heterocycles. The van der Waals surface area contributed by atoms with Crippen LogP contribution >= 0.6 is 23.2 Å². The Morgan fingerprint density at radius 1 is 1.19 bits per heavy atom. The topological polar surface area (TPSA) is 63.6 Å². The van der Waals surface area contributed by atoms with Gasteiger partial charge in [-0.15, -0.1) is 0 Å². The van der Waals surface area contributed by atoms with Crippen LogP contribution in [0.4, 0.5) is 0 Å². The van der Waals surface area contributed by atoms with Crippen molar-refractivity contribution in [3.05, 3.63) is 70.3 Å². The zero-order valence-corrected chi connectivity index (χ0v) is 15.3. The van der Waals surface area contributed by atoms with Gasteiger partial charge in [-0.3, -0.25) is 9.78 Å². The van der Waals surface area contributed by atoms with Crippen LogP contribution < -0.4 is 10.2 Å². The molecule has 132 valence electrons. The molecule has 0 saturated heterocycles. The molecule has 0 radical (unpaired) electrons. The van der Waals surface area contributed by atoms with Crippen LogP contribution in [0.25, 0.3) is 10.9 Å². The Labute approximate surface area is 160 Å². The summed E-state index contributed by atoms with van der Waals surface area (Å²) in [6, 6.07) is 14.5. The van der Waals surface area contributed by atoms with Crippen molar-refractivity contribution in [2.24, 2.45) is 5.10 Å². The van der Waals surface area contributed by atoms with Gasteiger partial charge in [0, 0.05) is 17.1 Å².